The number of hydrogen-bond acceptors (Lipinski definition) is 5. The average Bonchev–Trinajstić information content (AvgIpc) is 2.59. The number of nitrogens with zero attached hydrogens (tertiary/aromatic N) is 1. The molecule has 1 fully saturated rings. The maximum atomic E-state index is 12.0. The molecule has 2 rings (SSSR count). The van der Waals surface area contributed by atoms with Crippen molar-refractivity contribution >= 4 is 21.3 Å². The number of ketones is 1. The van der Waals surface area contributed by atoms with E-state index in [-0.39, 0.29) is 17.3 Å². The van der Waals surface area contributed by atoms with Gasteiger partial charge in [-0.25, -0.2) is 8.42 Å². The third-order valence-electron chi connectivity index (χ3n) is 2.72. The molecule has 0 aliphatic carbocycles. The van der Waals surface area contributed by atoms with Crippen LogP contribution in [0.5, 0.6) is 0 Å². The highest BCUT2D eigenvalue weighted by Gasteiger charge is 2.34. The summed E-state index contributed by atoms with van der Waals surface area (Å²) in [6.45, 7) is 0. The number of aromatic nitrogens is 1. The molecule has 0 radical (unpaired) electrons. The molecule has 1 unspecified atom stereocenters. The normalized spacial score (nSPS) is 23.1. The largest absolute Gasteiger partial charge is 0.398 e. The van der Waals surface area contributed by atoms with Crippen LogP contribution in [0.25, 0.3) is 0 Å². The number of carbonyl (C=O) groups excluding carboxylic acids is 1. The number of anilines is 1. The monoisotopic (exact) mass is 240 g/mol. The summed E-state index contributed by atoms with van der Waals surface area (Å²) in [5.41, 5.74) is 6.32. The number of Topliss-reactive ketones (excluding diaryl/α,β-unsaturated/α-hetero) is 1. The second-order valence-electron chi connectivity index (χ2n) is 3.93. The number of hydrogen-bond donors (Lipinski definition) is 1. The van der Waals surface area contributed by atoms with Crippen molar-refractivity contribution in [3.8, 4) is 0 Å². The van der Waals surface area contributed by atoms with Crippen LogP contribution in [0.4, 0.5) is 5.69 Å². The van der Waals surface area contributed by atoms with E-state index in [1.807, 2.05) is 0 Å². The minimum Gasteiger partial charge on any atom is -0.398 e. The number of nitrogens with two attached hydrogens (primary N) is 1. The van der Waals surface area contributed by atoms with E-state index < -0.39 is 15.8 Å². The van der Waals surface area contributed by atoms with E-state index in [0.29, 0.717) is 17.7 Å². The third-order valence-corrected chi connectivity index (χ3v) is 4.49. The second kappa shape index (κ2) is 3.86. The van der Waals surface area contributed by atoms with Gasteiger partial charge < -0.3 is 5.73 Å². The molecule has 0 aromatic carbocycles. The van der Waals surface area contributed by atoms with Gasteiger partial charge in [0.1, 0.15) is 0 Å². The van der Waals surface area contributed by atoms with E-state index in [4.69, 9.17) is 5.73 Å². The molecule has 0 bridgehead atoms. The molecule has 16 heavy (non-hydrogen) atoms. The molecule has 2 N–H and O–H groups in total. The van der Waals surface area contributed by atoms with E-state index >= 15 is 0 Å². The van der Waals surface area contributed by atoms with Crippen LogP contribution in [-0.4, -0.2) is 30.7 Å². The molecule has 0 spiro atoms. The van der Waals surface area contributed by atoms with Crippen molar-refractivity contribution in [3.05, 3.63) is 24.0 Å². The number of rotatable bonds is 2. The molecule has 1 aromatic rings. The lowest BCUT2D eigenvalue weighted by Gasteiger charge is -2.08. The van der Waals surface area contributed by atoms with E-state index in [9.17, 15) is 13.2 Å². The zero-order valence-electron chi connectivity index (χ0n) is 8.59. The van der Waals surface area contributed by atoms with Gasteiger partial charge in [-0.2, -0.15) is 0 Å². The van der Waals surface area contributed by atoms with Crippen molar-refractivity contribution in [1.82, 2.24) is 4.98 Å². The van der Waals surface area contributed by atoms with Gasteiger partial charge >= 0.3 is 0 Å². The van der Waals surface area contributed by atoms with Gasteiger partial charge in [0.25, 0.3) is 0 Å². The van der Waals surface area contributed by atoms with Crippen LogP contribution in [0, 0.1) is 5.92 Å². The number of sulfone groups is 1. The molecular formula is C10H12N2O3S. The van der Waals surface area contributed by atoms with Crippen LogP contribution < -0.4 is 5.73 Å². The first-order valence-corrected chi connectivity index (χ1v) is 6.76. The predicted octanol–water partition coefficient (Wildman–Crippen LogP) is 0.281. The fourth-order valence-electron chi connectivity index (χ4n) is 1.83. The smallest absolute Gasteiger partial charge is 0.170 e. The van der Waals surface area contributed by atoms with Gasteiger partial charge in [-0.3, -0.25) is 9.78 Å². The summed E-state index contributed by atoms with van der Waals surface area (Å²) in [7, 11) is -3.04. The lowest BCUT2D eigenvalue weighted by molar-refractivity contribution is 0.0934. The highest BCUT2D eigenvalue weighted by molar-refractivity contribution is 7.91. The molecule has 1 aromatic heterocycles. The van der Waals surface area contributed by atoms with Crippen LogP contribution in [0.1, 0.15) is 16.8 Å². The Morgan fingerprint density at radius 3 is 2.81 bits per heavy atom. The first-order chi connectivity index (χ1) is 7.49. The molecule has 0 amide bonds. The Morgan fingerprint density at radius 2 is 2.25 bits per heavy atom. The standard InChI is InChI=1S/C10H12N2O3S/c11-9-1-3-12-5-8(9)10(13)7-2-4-16(14,15)6-7/h1,3,5,7H,2,4,6H2,(H2,11,12). The van der Waals surface area contributed by atoms with Gasteiger partial charge in [0, 0.05) is 24.0 Å². The SMILES string of the molecule is Nc1ccncc1C(=O)C1CCS(=O)(=O)C1. The van der Waals surface area contributed by atoms with Crippen LogP contribution in [0.15, 0.2) is 18.5 Å². The Labute approximate surface area is 93.6 Å². The molecular weight excluding hydrogens is 228 g/mol. The Bertz CT molecular complexity index is 525. The van der Waals surface area contributed by atoms with Gasteiger partial charge in [0.2, 0.25) is 0 Å². The summed E-state index contributed by atoms with van der Waals surface area (Å²) in [6.07, 6.45) is 3.27. The molecule has 1 aliphatic heterocycles. The third kappa shape index (κ3) is 2.06. The Kier molecular flexibility index (Phi) is 2.67. The summed E-state index contributed by atoms with van der Waals surface area (Å²) in [4.78, 5) is 15.8. The molecule has 5 nitrogen and oxygen atoms in total. The highest BCUT2D eigenvalue weighted by atomic mass is 32.2. The van der Waals surface area contributed by atoms with Gasteiger partial charge in [-0.15, -0.1) is 0 Å². The van der Waals surface area contributed by atoms with E-state index in [0.717, 1.165) is 0 Å². The maximum absolute atomic E-state index is 12.0. The fraction of sp³-hybridized carbons (Fsp3) is 0.400. The van der Waals surface area contributed by atoms with Crippen molar-refractivity contribution in [2.24, 2.45) is 5.92 Å². The number of nitrogen functional groups attached to an aromatic ring is 1. The second-order valence-corrected chi connectivity index (χ2v) is 6.16. The van der Waals surface area contributed by atoms with Crippen molar-refractivity contribution in [3.63, 3.8) is 0 Å². The molecule has 6 heteroatoms. The lowest BCUT2D eigenvalue weighted by atomic mass is 9.97. The molecule has 1 saturated heterocycles. The van der Waals surface area contributed by atoms with Crippen LogP contribution in [0.3, 0.4) is 0 Å². The van der Waals surface area contributed by atoms with Crippen LogP contribution >= 0.6 is 0 Å². The minimum atomic E-state index is -3.04. The van der Waals surface area contributed by atoms with Crippen molar-refractivity contribution in [2.45, 2.75) is 6.42 Å². The zero-order valence-corrected chi connectivity index (χ0v) is 9.40. The molecule has 2 heterocycles. The molecule has 0 saturated carbocycles. The molecule has 1 atom stereocenters. The summed E-state index contributed by atoms with van der Waals surface area (Å²) >= 11 is 0. The Hall–Kier alpha value is -1.43. The van der Waals surface area contributed by atoms with E-state index in [1.54, 1.807) is 0 Å². The zero-order chi connectivity index (χ0) is 11.8. The summed E-state index contributed by atoms with van der Waals surface area (Å²) in [5.74, 6) is -0.660. The summed E-state index contributed by atoms with van der Waals surface area (Å²) < 4.78 is 22.5. The summed E-state index contributed by atoms with van der Waals surface area (Å²) in [6, 6.07) is 1.54. The molecule has 86 valence electrons. The van der Waals surface area contributed by atoms with E-state index in [1.165, 1.54) is 18.5 Å². The Balaban J connectivity index is 2.25. The van der Waals surface area contributed by atoms with Gasteiger partial charge in [-0.05, 0) is 12.5 Å². The number of pyridine rings is 1. The molecule has 1 aliphatic rings. The Morgan fingerprint density at radius 1 is 1.50 bits per heavy atom. The van der Waals surface area contributed by atoms with Crippen LogP contribution in [-0.2, 0) is 9.84 Å². The van der Waals surface area contributed by atoms with Gasteiger partial charge in [0.05, 0.1) is 17.1 Å². The van der Waals surface area contributed by atoms with Crippen molar-refractivity contribution < 1.29 is 13.2 Å². The highest BCUT2D eigenvalue weighted by Crippen LogP contribution is 2.24. The summed E-state index contributed by atoms with van der Waals surface area (Å²) in [5, 5.41) is 0. The first-order valence-electron chi connectivity index (χ1n) is 4.94. The van der Waals surface area contributed by atoms with Crippen LogP contribution in [0.2, 0.25) is 0 Å². The number of carbonyl (C=O) groups is 1. The quantitative estimate of drug-likeness (QED) is 0.750. The van der Waals surface area contributed by atoms with Gasteiger partial charge in [-0.1, -0.05) is 0 Å². The maximum Gasteiger partial charge on any atom is 0.170 e. The first kappa shape index (κ1) is 11.1. The minimum absolute atomic E-state index is 0.0693. The topological polar surface area (TPSA) is 90.1 Å². The average molecular weight is 240 g/mol. The predicted molar refractivity (Wildman–Crippen MR) is 59.7 cm³/mol. The van der Waals surface area contributed by atoms with Gasteiger partial charge in [0.15, 0.2) is 15.6 Å². The lowest BCUT2D eigenvalue weighted by Crippen LogP contribution is -2.17. The van der Waals surface area contributed by atoms with Crippen molar-refractivity contribution in [1.29, 1.82) is 0 Å². The van der Waals surface area contributed by atoms with Crippen molar-refractivity contribution in [2.75, 3.05) is 17.2 Å². The fourth-order valence-corrected chi connectivity index (χ4v) is 3.57. The van der Waals surface area contributed by atoms with E-state index in [2.05, 4.69) is 4.98 Å².